The first-order chi connectivity index (χ1) is 9.41. The van der Waals surface area contributed by atoms with Crippen LogP contribution in [-0.4, -0.2) is 84.6 Å². The van der Waals surface area contributed by atoms with Crippen molar-refractivity contribution in [1.29, 1.82) is 0 Å². The fourth-order valence-electron chi connectivity index (χ4n) is 2.48. The Morgan fingerprint density at radius 1 is 1.14 bits per heavy atom. The number of hydrogen-bond acceptors (Lipinski definition) is 7. The van der Waals surface area contributed by atoms with Gasteiger partial charge in [0.15, 0.2) is 0 Å². The van der Waals surface area contributed by atoms with Gasteiger partial charge >= 0.3 is 38.4 Å². The molecule has 0 aromatic heterocycles. The first-order valence-electron chi connectivity index (χ1n) is 6.99. The Labute approximate surface area is 150 Å². The van der Waals surface area contributed by atoms with E-state index in [0.29, 0.717) is 25.9 Å². The minimum Gasteiger partial charge on any atom is -0.798 e. The van der Waals surface area contributed by atoms with Gasteiger partial charge in [-0.05, 0) is 20.3 Å². The van der Waals surface area contributed by atoms with Crippen LogP contribution in [0.4, 0.5) is 0 Å². The van der Waals surface area contributed by atoms with Crippen LogP contribution in [-0.2, 0) is 17.8 Å². The van der Waals surface area contributed by atoms with Gasteiger partial charge in [0.25, 0.3) is 0 Å². The molecule has 1 atom stereocenters. The fourth-order valence-corrected chi connectivity index (χ4v) is 7.83. The second-order valence-electron chi connectivity index (χ2n) is 5.58. The molecule has 2 bridgehead atoms. The van der Waals surface area contributed by atoms with Crippen LogP contribution in [0.3, 0.4) is 0 Å². The average Bonchev–Trinajstić information content (AvgIpc) is 2.23. The predicted octanol–water partition coefficient (Wildman–Crippen LogP) is -3.53. The Bertz CT molecular complexity index is 350. The summed E-state index contributed by atoms with van der Waals surface area (Å²) in [4.78, 5) is 15.9. The average molecular weight is 346 g/mol. The van der Waals surface area contributed by atoms with Crippen LogP contribution >= 0.6 is 7.37 Å². The van der Waals surface area contributed by atoms with E-state index < -0.39 is 16.2 Å². The Morgan fingerprint density at radius 2 is 1.62 bits per heavy atom. The molecule has 3 heterocycles. The van der Waals surface area contributed by atoms with Crippen molar-refractivity contribution in [2.45, 2.75) is 6.04 Å². The summed E-state index contributed by atoms with van der Waals surface area (Å²) in [5.74, 6) is 0. The zero-order valence-electron chi connectivity index (χ0n) is 13.2. The van der Waals surface area contributed by atoms with E-state index in [2.05, 4.69) is 4.90 Å². The van der Waals surface area contributed by atoms with Gasteiger partial charge in [-0.1, -0.05) is 0 Å². The van der Waals surface area contributed by atoms with Gasteiger partial charge in [-0.25, -0.2) is 0 Å². The van der Waals surface area contributed by atoms with Gasteiger partial charge in [-0.3, -0.25) is 4.90 Å². The van der Waals surface area contributed by atoms with E-state index in [4.69, 9.17) is 13.3 Å². The van der Waals surface area contributed by atoms with Crippen LogP contribution in [0.25, 0.3) is 0 Å². The SMILES string of the molecule is CN(C)CP(=O)([O-])CC[Si]12OCCN(CCO1)CCO2.[Na+]. The molecule has 0 N–H and O–H groups in total. The fraction of sp³-hybridized carbons (Fsp3) is 1.00. The summed E-state index contributed by atoms with van der Waals surface area (Å²) in [6, 6.07) is 0.363. The number of nitrogens with zero attached hydrogens (tertiary/aromatic N) is 2. The summed E-state index contributed by atoms with van der Waals surface area (Å²) in [6.07, 6.45) is 0.159. The van der Waals surface area contributed by atoms with Crippen molar-refractivity contribution in [3.63, 3.8) is 0 Å². The second kappa shape index (κ2) is 8.89. The molecule has 3 saturated heterocycles. The zero-order chi connectivity index (χ0) is 14.6. The molecule has 0 radical (unpaired) electrons. The van der Waals surface area contributed by atoms with E-state index in [1.165, 1.54) is 0 Å². The quantitative estimate of drug-likeness (QED) is 0.377. The summed E-state index contributed by atoms with van der Waals surface area (Å²) in [5, 5.41) is 0. The Kier molecular flexibility index (Phi) is 8.57. The van der Waals surface area contributed by atoms with E-state index in [-0.39, 0.29) is 42.0 Å². The normalized spacial score (nSPS) is 32.7. The molecule has 0 aromatic rings. The van der Waals surface area contributed by atoms with Crippen molar-refractivity contribution >= 4 is 16.2 Å². The number of hydrogen-bond donors (Lipinski definition) is 0. The van der Waals surface area contributed by atoms with Crippen molar-refractivity contribution in [2.24, 2.45) is 0 Å². The van der Waals surface area contributed by atoms with Crippen LogP contribution in [0.15, 0.2) is 0 Å². The maximum absolute atomic E-state index is 12.0. The zero-order valence-corrected chi connectivity index (χ0v) is 17.1. The third-order valence-corrected chi connectivity index (χ3v) is 8.56. The molecule has 0 amide bonds. The molecule has 3 aliphatic heterocycles. The van der Waals surface area contributed by atoms with E-state index in [1.54, 1.807) is 19.0 Å². The largest absolute Gasteiger partial charge is 1.00 e. The van der Waals surface area contributed by atoms with Gasteiger partial charge in [-0.2, -0.15) is 0 Å². The van der Waals surface area contributed by atoms with E-state index in [1.807, 2.05) is 0 Å². The molecular formula is C11H24N2NaO5PSi. The smallest absolute Gasteiger partial charge is 0.798 e. The van der Waals surface area contributed by atoms with E-state index >= 15 is 0 Å². The summed E-state index contributed by atoms with van der Waals surface area (Å²) >= 11 is 0. The Morgan fingerprint density at radius 3 is 2.05 bits per heavy atom. The van der Waals surface area contributed by atoms with Gasteiger partial charge < -0.3 is 27.6 Å². The Balaban J connectivity index is 0.00000220. The van der Waals surface area contributed by atoms with Gasteiger partial charge in [0.2, 0.25) is 0 Å². The van der Waals surface area contributed by atoms with Crippen molar-refractivity contribution < 1.29 is 52.3 Å². The van der Waals surface area contributed by atoms with Crippen LogP contribution in [0.5, 0.6) is 0 Å². The topological polar surface area (TPSA) is 74.3 Å². The minimum atomic E-state index is -3.43. The molecule has 0 aliphatic carbocycles. The Hall–Kier alpha value is 1.21. The van der Waals surface area contributed by atoms with Crippen molar-refractivity contribution in [3.8, 4) is 0 Å². The third-order valence-electron chi connectivity index (χ3n) is 3.45. The first-order valence-corrected chi connectivity index (χ1v) is 10.9. The molecule has 3 aliphatic rings. The summed E-state index contributed by atoms with van der Waals surface area (Å²) in [7, 11) is -2.73. The van der Waals surface area contributed by atoms with Gasteiger partial charge in [0, 0.05) is 39.3 Å². The molecule has 118 valence electrons. The molecule has 0 aromatic carbocycles. The molecule has 10 heteroatoms. The maximum Gasteiger partial charge on any atom is 1.00 e. The first kappa shape index (κ1) is 20.3. The molecule has 3 fully saturated rings. The third kappa shape index (κ3) is 6.69. The molecule has 21 heavy (non-hydrogen) atoms. The standard InChI is InChI=1S/C11H25N2O5PSi.Na/c1-12(2)11-19(14,15)9-10-20-16-6-3-13(4-7-17-20)5-8-18-20;/h3-11H2,1-2H3,(H,14,15);/q;+1/p-1. The summed E-state index contributed by atoms with van der Waals surface area (Å²) in [6.45, 7) is 4.28. The van der Waals surface area contributed by atoms with Crippen molar-refractivity contribution in [1.82, 2.24) is 9.80 Å². The predicted molar refractivity (Wildman–Crippen MR) is 75.9 cm³/mol. The van der Waals surface area contributed by atoms with Gasteiger partial charge in [0.05, 0.1) is 19.8 Å². The summed E-state index contributed by atoms with van der Waals surface area (Å²) < 4.78 is 29.5. The van der Waals surface area contributed by atoms with Crippen molar-refractivity contribution in [2.75, 3.05) is 66.0 Å². The molecule has 0 saturated carbocycles. The van der Waals surface area contributed by atoms with Crippen LogP contribution in [0.2, 0.25) is 6.04 Å². The molecular weight excluding hydrogens is 322 g/mol. The maximum atomic E-state index is 12.0. The molecule has 7 nitrogen and oxygen atoms in total. The van der Waals surface area contributed by atoms with E-state index in [9.17, 15) is 9.46 Å². The monoisotopic (exact) mass is 346 g/mol. The molecule has 3 rings (SSSR count). The summed E-state index contributed by atoms with van der Waals surface area (Å²) in [5.41, 5.74) is 0. The molecule has 0 spiro atoms. The minimum absolute atomic E-state index is 0. The van der Waals surface area contributed by atoms with Crippen LogP contribution in [0.1, 0.15) is 0 Å². The van der Waals surface area contributed by atoms with E-state index in [0.717, 1.165) is 19.6 Å². The number of rotatable bonds is 5. The van der Waals surface area contributed by atoms with Crippen molar-refractivity contribution in [3.05, 3.63) is 0 Å². The van der Waals surface area contributed by atoms with Gasteiger partial charge in [0.1, 0.15) is 0 Å². The number of fused-ring (bicyclic) bond motifs is 6. The van der Waals surface area contributed by atoms with Crippen LogP contribution in [0, 0.1) is 0 Å². The van der Waals surface area contributed by atoms with Crippen LogP contribution < -0.4 is 34.5 Å². The van der Waals surface area contributed by atoms with Gasteiger partial charge in [-0.15, -0.1) is 0 Å². The molecule has 1 unspecified atom stereocenters. The second-order valence-corrected chi connectivity index (χ2v) is 10.7.